The molecule has 2 nitrogen and oxygen atoms in total. The van der Waals surface area contributed by atoms with Crippen LogP contribution in [-0.2, 0) is 0 Å². The summed E-state index contributed by atoms with van der Waals surface area (Å²) < 4.78 is 0. The topological polar surface area (TPSA) is 27.4 Å². The highest BCUT2D eigenvalue weighted by atomic mass is 16.4. The van der Waals surface area contributed by atoms with E-state index >= 15 is 0 Å². The molecule has 10 heavy (non-hydrogen) atoms. The summed E-state index contributed by atoms with van der Waals surface area (Å²) in [5, 5.41) is 12.2. The Morgan fingerprint density at radius 1 is 1.30 bits per heavy atom. The summed E-state index contributed by atoms with van der Waals surface area (Å²) in [6, 6.07) is 9.73. The van der Waals surface area contributed by atoms with Gasteiger partial charge in [0.2, 0.25) is 0 Å². The molecule has 2 heteroatoms. The summed E-state index contributed by atoms with van der Waals surface area (Å²) in [6.07, 6.45) is 0. The Hall–Kier alpha value is -1.49. The van der Waals surface area contributed by atoms with Crippen molar-refractivity contribution >= 4 is 0 Å². The van der Waals surface area contributed by atoms with Gasteiger partial charge in [0.25, 0.3) is 0 Å². The van der Waals surface area contributed by atoms with E-state index in [1.54, 1.807) is 12.1 Å². The van der Waals surface area contributed by atoms with Gasteiger partial charge in [0.05, 0.1) is 0 Å². The first-order valence-corrected chi connectivity index (χ1v) is 2.98. The lowest BCUT2D eigenvalue weighted by atomic mass is 10.2. The maximum atomic E-state index is 9.70. The zero-order valence-corrected chi connectivity index (χ0v) is 5.66. The van der Waals surface area contributed by atoms with E-state index in [0.717, 1.165) is 11.1 Å². The fourth-order valence-corrected chi connectivity index (χ4v) is 0.681. The molecule has 0 amide bonds. The molecular formula is C8H7NO. The van der Waals surface area contributed by atoms with Crippen molar-refractivity contribution in [2.75, 3.05) is 0 Å². The number of nitrogens with zero attached hydrogens (tertiary/aromatic N) is 1. The maximum absolute atomic E-state index is 9.70. The lowest BCUT2D eigenvalue weighted by Crippen LogP contribution is -1.73. The molecule has 1 rings (SSSR count). The first kappa shape index (κ1) is 6.63. The van der Waals surface area contributed by atoms with E-state index in [4.69, 9.17) is 0 Å². The molecule has 0 atom stereocenters. The van der Waals surface area contributed by atoms with Crippen molar-refractivity contribution in [1.82, 2.24) is 0 Å². The zero-order chi connectivity index (χ0) is 7.40. The van der Waals surface area contributed by atoms with Crippen LogP contribution >= 0.6 is 0 Å². The Labute approximate surface area is 59.5 Å². The molecule has 0 heterocycles. The Morgan fingerprint density at radius 3 is 2.40 bits per heavy atom. The first-order chi connectivity index (χ1) is 4.83. The molecule has 0 unspecified atom stereocenters. The highest BCUT2D eigenvalue weighted by molar-refractivity contribution is 5.33. The van der Waals surface area contributed by atoms with Crippen LogP contribution in [0, 0.1) is 18.2 Å². The quantitative estimate of drug-likeness (QED) is 0.498. The zero-order valence-electron chi connectivity index (χ0n) is 5.66. The van der Waals surface area contributed by atoms with Gasteiger partial charge in [-0.15, -0.1) is 0 Å². The molecule has 0 bridgehead atoms. The van der Waals surface area contributed by atoms with Crippen LogP contribution in [0.1, 0.15) is 11.1 Å². The van der Waals surface area contributed by atoms with Crippen molar-refractivity contribution in [1.29, 1.82) is 0 Å². The number of hydrogen-bond donors (Lipinski definition) is 0. The molecule has 0 aliphatic heterocycles. The van der Waals surface area contributed by atoms with Gasteiger partial charge in [0.15, 0.2) is 0 Å². The van der Waals surface area contributed by atoms with Crippen LogP contribution in [0.25, 0.3) is 5.01 Å². The van der Waals surface area contributed by atoms with Gasteiger partial charge in [-0.05, 0) is 19.1 Å². The summed E-state index contributed by atoms with van der Waals surface area (Å²) >= 11 is 0. The average Bonchev–Trinajstić information content (AvgIpc) is 1.95. The van der Waals surface area contributed by atoms with Crippen LogP contribution < -0.4 is 0 Å². The lowest BCUT2D eigenvalue weighted by Gasteiger charge is -1.86. The molecule has 1 aromatic rings. The predicted molar refractivity (Wildman–Crippen MR) is 40.9 cm³/mol. The third-order valence-electron chi connectivity index (χ3n) is 1.23. The highest BCUT2D eigenvalue weighted by Gasteiger charge is 1.90. The molecule has 0 saturated heterocycles. The van der Waals surface area contributed by atoms with Gasteiger partial charge >= 0.3 is 6.07 Å². The SMILES string of the molecule is Cc1ccc(C#[N+][O-])cc1. The minimum atomic E-state index is 0.723. The fraction of sp³-hybridized carbons (Fsp3) is 0.125. The van der Waals surface area contributed by atoms with Crippen molar-refractivity contribution in [3.8, 4) is 6.07 Å². The van der Waals surface area contributed by atoms with Gasteiger partial charge < -0.3 is 5.21 Å². The van der Waals surface area contributed by atoms with E-state index in [-0.39, 0.29) is 0 Å². The molecule has 1 aromatic carbocycles. The third kappa shape index (κ3) is 1.49. The van der Waals surface area contributed by atoms with Gasteiger partial charge in [-0.1, -0.05) is 17.7 Å². The largest absolute Gasteiger partial charge is 0.498 e. The summed E-state index contributed by atoms with van der Waals surface area (Å²) in [7, 11) is 0. The Bertz CT molecular complexity index is 266. The second-order valence-corrected chi connectivity index (χ2v) is 2.07. The molecule has 0 fully saturated rings. The predicted octanol–water partition coefficient (Wildman–Crippen LogP) is 2.17. The van der Waals surface area contributed by atoms with Gasteiger partial charge in [0.1, 0.15) is 5.56 Å². The average molecular weight is 133 g/mol. The summed E-state index contributed by atoms with van der Waals surface area (Å²) in [4.78, 5) is 0. The van der Waals surface area contributed by atoms with Gasteiger partial charge in [-0.25, -0.2) is 0 Å². The van der Waals surface area contributed by atoms with Gasteiger partial charge in [-0.2, -0.15) is 0 Å². The Balaban J connectivity index is 2.97. The maximum Gasteiger partial charge on any atom is 0.336 e. The third-order valence-corrected chi connectivity index (χ3v) is 1.23. The van der Waals surface area contributed by atoms with Crippen molar-refractivity contribution in [2.45, 2.75) is 6.92 Å². The minimum Gasteiger partial charge on any atom is -0.498 e. The van der Waals surface area contributed by atoms with E-state index in [1.165, 1.54) is 0 Å². The minimum absolute atomic E-state index is 0.723. The van der Waals surface area contributed by atoms with Crippen molar-refractivity contribution in [2.24, 2.45) is 0 Å². The number of rotatable bonds is 0. The van der Waals surface area contributed by atoms with E-state index in [2.05, 4.69) is 11.1 Å². The smallest absolute Gasteiger partial charge is 0.336 e. The molecule has 0 radical (unpaired) electrons. The summed E-state index contributed by atoms with van der Waals surface area (Å²) in [6.45, 7) is 1.98. The van der Waals surface area contributed by atoms with Crippen LogP contribution in [0.15, 0.2) is 24.3 Å². The number of hydrogen-bond acceptors (Lipinski definition) is 1. The fourth-order valence-electron chi connectivity index (χ4n) is 0.681. The van der Waals surface area contributed by atoms with Crippen molar-refractivity contribution in [3.05, 3.63) is 45.6 Å². The molecule has 0 aliphatic carbocycles. The van der Waals surface area contributed by atoms with Gasteiger partial charge in [-0.3, -0.25) is 0 Å². The van der Waals surface area contributed by atoms with Crippen LogP contribution in [0.5, 0.6) is 0 Å². The van der Waals surface area contributed by atoms with Crippen LogP contribution in [0.3, 0.4) is 0 Å². The second kappa shape index (κ2) is 2.88. The molecule has 50 valence electrons. The number of benzene rings is 1. The van der Waals surface area contributed by atoms with E-state index < -0.39 is 0 Å². The lowest BCUT2D eigenvalue weighted by molar-refractivity contribution is 1.46. The monoisotopic (exact) mass is 133 g/mol. The Kier molecular flexibility index (Phi) is 1.91. The summed E-state index contributed by atoms with van der Waals surface area (Å²) in [5.74, 6) is 0. The van der Waals surface area contributed by atoms with Crippen LogP contribution in [0.2, 0.25) is 0 Å². The molecule has 0 aromatic heterocycles. The van der Waals surface area contributed by atoms with E-state index in [1.807, 2.05) is 19.1 Å². The van der Waals surface area contributed by atoms with Crippen molar-refractivity contribution in [3.63, 3.8) is 0 Å². The molecule has 0 spiro atoms. The van der Waals surface area contributed by atoms with Crippen LogP contribution in [0.4, 0.5) is 0 Å². The number of aryl methyl sites for hydroxylation is 1. The van der Waals surface area contributed by atoms with Crippen LogP contribution in [-0.4, -0.2) is 0 Å². The first-order valence-electron chi connectivity index (χ1n) is 2.98. The molecule has 0 N–H and O–H groups in total. The molecular weight excluding hydrogens is 126 g/mol. The van der Waals surface area contributed by atoms with Gasteiger partial charge in [0, 0.05) is 5.01 Å². The van der Waals surface area contributed by atoms with E-state index in [9.17, 15) is 5.21 Å². The van der Waals surface area contributed by atoms with Crippen molar-refractivity contribution < 1.29 is 0 Å². The standard InChI is InChI=1S/C8H7NO/c1-7-2-4-8(5-3-7)6-9-10/h2-5H,1H3. The molecule has 0 aliphatic rings. The van der Waals surface area contributed by atoms with E-state index in [0.29, 0.717) is 0 Å². The highest BCUT2D eigenvalue weighted by Crippen LogP contribution is 2.00. The molecule has 0 saturated carbocycles. The Morgan fingerprint density at radius 2 is 1.90 bits per heavy atom. The second-order valence-electron chi connectivity index (χ2n) is 2.07. The summed E-state index contributed by atoms with van der Waals surface area (Å²) in [5.41, 5.74) is 1.89. The normalized spacial score (nSPS) is 8.10.